The van der Waals surface area contributed by atoms with Crippen LogP contribution in [0.25, 0.3) is 5.69 Å². The van der Waals surface area contributed by atoms with Crippen molar-refractivity contribution in [1.29, 1.82) is 0 Å². The van der Waals surface area contributed by atoms with E-state index in [4.69, 9.17) is 0 Å². The fourth-order valence-corrected chi connectivity index (χ4v) is 3.13. The van der Waals surface area contributed by atoms with Crippen LogP contribution in [0.5, 0.6) is 0 Å². The lowest BCUT2D eigenvalue weighted by molar-refractivity contribution is 0.540. The molecule has 6 heteroatoms. The molecule has 0 bridgehead atoms. The van der Waals surface area contributed by atoms with Gasteiger partial charge in [0.2, 0.25) is 0 Å². The summed E-state index contributed by atoms with van der Waals surface area (Å²) in [6.07, 6.45) is 1.60. The van der Waals surface area contributed by atoms with Gasteiger partial charge in [-0.15, -0.1) is 16.4 Å². The molecule has 0 aliphatic carbocycles. The molecule has 0 amide bonds. The van der Waals surface area contributed by atoms with Gasteiger partial charge >= 0.3 is 0 Å². The summed E-state index contributed by atoms with van der Waals surface area (Å²) in [4.78, 5) is 1.42. The fraction of sp³-hybridized carbons (Fsp3) is 0.312. The predicted octanol–water partition coefficient (Wildman–Crippen LogP) is 3.18. The molecule has 0 fully saturated rings. The Kier molecular flexibility index (Phi) is 4.60. The largest absolute Gasteiger partial charge is 0.310 e. The van der Waals surface area contributed by atoms with Crippen LogP contribution in [0.2, 0.25) is 0 Å². The zero-order chi connectivity index (χ0) is 15.4. The number of hydrogen-bond donors (Lipinski definition) is 1. The van der Waals surface area contributed by atoms with Crippen LogP contribution in [0.1, 0.15) is 36.2 Å². The Labute approximate surface area is 134 Å². The Morgan fingerprint density at radius 1 is 1.18 bits per heavy atom. The highest BCUT2D eigenvalue weighted by Crippen LogP contribution is 2.21. The summed E-state index contributed by atoms with van der Waals surface area (Å²) in [5, 5.41) is 16.9. The van der Waals surface area contributed by atoms with E-state index in [0.29, 0.717) is 12.0 Å². The number of hydrogen-bond acceptors (Lipinski definition) is 5. The molecule has 2 atom stereocenters. The zero-order valence-electron chi connectivity index (χ0n) is 12.7. The molecule has 3 aromatic rings. The van der Waals surface area contributed by atoms with E-state index >= 15 is 0 Å². The van der Waals surface area contributed by atoms with E-state index in [-0.39, 0.29) is 0 Å². The van der Waals surface area contributed by atoms with Crippen LogP contribution >= 0.6 is 11.3 Å². The second-order valence-corrected chi connectivity index (χ2v) is 6.37. The number of nitrogens with zero attached hydrogens (tertiary/aromatic N) is 4. The van der Waals surface area contributed by atoms with Crippen LogP contribution in [-0.4, -0.2) is 26.8 Å². The van der Waals surface area contributed by atoms with Crippen molar-refractivity contribution in [2.24, 2.45) is 0 Å². The van der Waals surface area contributed by atoms with Gasteiger partial charge < -0.3 is 5.32 Å². The van der Waals surface area contributed by atoms with E-state index < -0.39 is 0 Å². The standard InChI is InChI=1S/C16H19N5S/c1-12(16-4-3-9-22-16)10-17-13(2)14-5-7-15(8-6-14)21-11-18-19-20-21/h3-9,11-13,17H,10H2,1-2H3/t12-,13+/m0/s1. The average Bonchev–Trinajstić information content (AvgIpc) is 3.25. The second-order valence-electron chi connectivity index (χ2n) is 5.39. The minimum absolute atomic E-state index is 0.310. The highest BCUT2D eigenvalue weighted by atomic mass is 32.1. The molecule has 0 radical (unpaired) electrons. The van der Waals surface area contributed by atoms with Gasteiger partial charge in [-0.1, -0.05) is 25.1 Å². The second kappa shape index (κ2) is 6.81. The third-order valence-electron chi connectivity index (χ3n) is 3.77. The lowest BCUT2D eigenvalue weighted by atomic mass is 10.1. The topological polar surface area (TPSA) is 55.6 Å². The minimum atomic E-state index is 0.310. The molecule has 22 heavy (non-hydrogen) atoms. The molecule has 3 rings (SSSR count). The predicted molar refractivity (Wildman–Crippen MR) is 88.3 cm³/mol. The number of tetrazole rings is 1. The van der Waals surface area contributed by atoms with E-state index in [1.165, 1.54) is 10.4 Å². The van der Waals surface area contributed by atoms with E-state index in [0.717, 1.165) is 12.2 Å². The van der Waals surface area contributed by atoms with Gasteiger partial charge in [0.15, 0.2) is 0 Å². The van der Waals surface area contributed by atoms with Gasteiger partial charge in [-0.05, 0) is 46.5 Å². The van der Waals surface area contributed by atoms with E-state index in [1.54, 1.807) is 11.0 Å². The van der Waals surface area contributed by atoms with Gasteiger partial charge in [-0.25, -0.2) is 4.68 Å². The molecule has 5 nitrogen and oxygen atoms in total. The molecule has 0 aliphatic rings. The SMILES string of the molecule is C[C@@H](CN[C@H](C)c1ccc(-n2cnnn2)cc1)c1cccs1. The van der Waals surface area contributed by atoms with Gasteiger partial charge in [0.1, 0.15) is 6.33 Å². The molecule has 0 aliphatic heterocycles. The van der Waals surface area contributed by atoms with Crippen LogP contribution in [0.3, 0.4) is 0 Å². The van der Waals surface area contributed by atoms with Crippen molar-refractivity contribution in [3.63, 3.8) is 0 Å². The van der Waals surface area contributed by atoms with Crippen molar-refractivity contribution in [2.45, 2.75) is 25.8 Å². The van der Waals surface area contributed by atoms with E-state index in [9.17, 15) is 0 Å². The average molecular weight is 313 g/mol. The van der Waals surface area contributed by atoms with Gasteiger partial charge in [0.05, 0.1) is 5.69 Å². The van der Waals surface area contributed by atoms with Crippen LogP contribution in [0, 0.1) is 0 Å². The summed E-state index contributed by atoms with van der Waals surface area (Å²) >= 11 is 1.82. The fourth-order valence-electron chi connectivity index (χ4n) is 2.34. The first kappa shape index (κ1) is 14.9. The Balaban J connectivity index is 1.59. The highest BCUT2D eigenvalue weighted by molar-refractivity contribution is 7.10. The van der Waals surface area contributed by atoms with Crippen LogP contribution in [0.4, 0.5) is 0 Å². The van der Waals surface area contributed by atoms with Crippen molar-refractivity contribution in [3.8, 4) is 5.69 Å². The first-order chi connectivity index (χ1) is 10.7. The molecule has 1 N–H and O–H groups in total. The number of thiophene rings is 1. The van der Waals surface area contributed by atoms with Crippen LogP contribution < -0.4 is 5.32 Å². The van der Waals surface area contributed by atoms with Crippen molar-refractivity contribution >= 4 is 11.3 Å². The number of nitrogens with one attached hydrogen (secondary N) is 1. The third-order valence-corrected chi connectivity index (χ3v) is 4.87. The van der Waals surface area contributed by atoms with Crippen molar-refractivity contribution in [2.75, 3.05) is 6.54 Å². The lowest BCUT2D eigenvalue weighted by Crippen LogP contribution is -2.23. The Morgan fingerprint density at radius 2 is 2.00 bits per heavy atom. The molecular formula is C16H19N5S. The molecule has 0 saturated carbocycles. The zero-order valence-corrected chi connectivity index (χ0v) is 13.5. The summed E-state index contributed by atoms with van der Waals surface area (Å²) in [6.45, 7) is 5.41. The number of benzene rings is 1. The van der Waals surface area contributed by atoms with Crippen LogP contribution in [0.15, 0.2) is 48.1 Å². The molecule has 2 heterocycles. The highest BCUT2D eigenvalue weighted by Gasteiger charge is 2.10. The van der Waals surface area contributed by atoms with Gasteiger partial charge in [-0.3, -0.25) is 0 Å². The maximum atomic E-state index is 3.89. The molecule has 0 spiro atoms. The summed E-state index contributed by atoms with van der Waals surface area (Å²) in [7, 11) is 0. The quantitative estimate of drug-likeness (QED) is 0.759. The molecule has 1 aromatic carbocycles. The maximum absolute atomic E-state index is 3.89. The summed E-state index contributed by atoms with van der Waals surface area (Å²) < 4.78 is 1.65. The number of aromatic nitrogens is 4. The maximum Gasteiger partial charge on any atom is 0.143 e. The van der Waals surface area contributed by atoms with Gasteiger partial charge in [0, 0.05) is 23.4 Å². The van der Waals surface area contributed by atoms with E-state index in [2.05, 4.69) is 64.3 Å². The third kappa shape index (κ3) is 3.40. The number of rotatable bonds is 6. The minimum Gasteiger partial charge on any atom is -0.310 e. The lowest BCUT2D eigenvalue weighted by Gasteiger charge is -2.17. The van der Waals surface area contributed by atoms with E-state index in [1.807, 2.05) is 23.5 Å². The molecule has 2 aromatic heterocycles. The van der Waals surface area contributed by atoms with Crippen molar-refractivity contribution in [1.82, 2.24) is 25.5 Å². The monoisotopic (exact) mass is 313 g/mol. The first-order valence-electron chi connectivity index (χ1n) is 7.34. The summed E-state index contributed by atoms with van der Waals surface area (Å²) in [5.74, 6) is 0.531. The molecule has 0 unspecified atom stereocenters. The normalized spacial score (nSPS) is 13.9. The molecule has 114 valence electrons. The Bertz CT molecular complexity index is 676. The summed E-state index contributed by atoms with van der Waals surface area (Å²) in [5.41, 5.74) is 2.23. The van der Waals surface area contributed by atoms with Crippen molar-refractivity contribution in [3.05, 3.63) is 58.5 Å². The Hall–Kier alpha value is -2.05. The first-order valence-corrected chi connectivity index (χ1v) is 8.22. The van der Waals surface area contributed by atoms with Gasteiger partial charge in [0.25, 0.3) is 0 Å². The molecular weight excluding hydrogens is 294 g/mol. The van der Waals surface area contributed by atoms with Crippen molar-refractivity contribution < 1.29 is 0 Å². The van der Waals surface area contributed by atoms with Crippen LogP contribution in [-0.2, 0) is 0 Å². The van der Waals surface area contributed by atoms with Gasteiger partial charge in [-0.2, -0.15) is 0 Å². The summed E-state index contributed by atoms with van der Waals surface area (Å²) in [6, 6.07) is 12.9. The molecule has 0 saturated heterocycles. The Morgan fingerprint density at radius 3 is 2.64 bits per heavy atom. The smallest absolute Gasteiger partial charge is 0.143 e.